The maximum atomic E-state index is 13.5. The smallest absolute Gasteiger partial charge is 0.290 e. The van der Waals surface area contributed by atoms with E-state index in [-0.39, 0.29) is 11.3 Å². The Morgan fingerprint density at radius 2 is 2.12 bits per heavy atom. The van der Waals surface area contributed by atoms with Gasteiger partial charge >= 0.3 is 0 Å². The number of fused-ring (bicyclic) bond motifs is 1. The summed E-state index contributed by atoms with van der Waals surface area (Å²) in [6.07, 6.45) is 0.704. The molecule has 0 saturated heterocycles. The van der Waals surface area contributed by atoms with E-state index in [2.05, 4.69) is 0 Å². The van der Waals surface area contributed by atoms with Crippen LogP contribution in [0, 0.1) is 0 Å². The second-order valence-electron chi connectivity index (χ2n) is 7.80. The molecule has 1 aromatic carbocycles. The third-order valence-electron chi connectivity index (χ3n) is 5.36. The molecule has 4 rings (SSSR count). The standard InChI is InChI=1S/C23H23ClN2O5S/c1-25(2)7-5-8-26-19(17-6-4-9-32-17)18(21(28)23(26)29)20(27)15-11-13-10-14(24)12-16(30-3)22(13)31-15/h4,6,9-12,19,28H,5,7-8H2,1-3H3. The molecular formula is C23H23ClN2O5S. The van der Waals surface area contributed by atoms with E-state index < -0.39 is 23.5 Å². The third-order valence-corrected chi connectivity index (χ3v) is 6.50. The molecule has 3 aromatic rings. The molecule has 168 valence electrons. The molecule has 0 aliphatic carbocycles. The maximum absolute atomic E-state index is 13.5. The summed E-state index contributed by atoms with van der Waals surface area (Å²) >= 11 is 7.56. The first-order valence-corrected chi connectivity index (χ1v) is 11.3. The number of ketones is 1. The van der Waals surface area contributed by atoms with Crippen molar-refractivity contribution < 1.29 is 23.8 Å². The van der Waals surface area contributed by atoms with Crippen LogP contribution in [-0.2, 0) is 4.79 Å². The van der Waals surface area contributed by atoms with Crippen molar-refractivity contribution in [2.24, 2.45) is 0 Å². The van der Waals surface area contributed by atoms with E-state index in [0.29, 0.717) is 34.7 Å². The summed E-state index contributed by atoms with van der Waals surface area (Å²) in [6, 6.07) is 7.85. The molecule has 1 aliphatic heterocycles. The summed E-state index contributed by atoms with van der Waals surface area (Å²) in [7, 11) is 5.39. The summed E-state index contributed by atoms with van der Waals surface area (Å²) in [5.41, 5.74) is 0.395. The van der Waals surface area contributed by atoms with Crippen molar-refractivity contribution >= 4 is 45.6 Å². The molecule has 1 amide bonds. The zero-order chi connectivity index (χ0) is 23.0. The largest absolute Gasteiger partial charge is 0.503 e. The Balaban J connectivity index is 1.74. The van der Waals surface area contributed by atoms with Gasteiger partial charge in [-0.2, -0.15) is 0 Å². The highest BCUT2D eigenvalue weighted by Gasteiger charge is 2.44. The van der Waals surface area contributed by atoms with Gasteiger partial charge in [-0.15, -0.1) is 11.3 Å². The number of nitrogens with zero attached hydrogens (tertiary/aromatic N) is 2. The first-order valence-electron chi connectivity index (χ1n) is 10.1. The number of halogens is 1. The maximum Gasteiger partial charge on any atom is 0.290 e. The van der Waals surface area contributed by atoms with Crippen molar-refractivity contribution in [3.05, 3.63) is 62.7 Å². The van der Waals surface area contributed by atoms with Crippen molar-refractivity contribution in [1.82, 2.24) is 9.80 Å². The van der Waals surface area contributed by atoms with E-state index in [1.165, 1.54) is 18.4 Å². The van der Waals surface area contributed by atoms with Crippen LogP contribution in [0.3, 0.4) is 0 Å². The van der Waals surface area contributed by atoms with Gasteiger partial charge in [-0.25, -0.2) is 0 Å². The van der Waals surface area contributed by atoms with Crippen molar-refractivity contribution in [1.29, 1.82) is 0 Å². The third kappa shape index (κ3) is 4.01. The normalized spacial score (nSPS) is 16.6. The van der Waals surface area contributed by atoms with E-state index in [4.69, 9.17) is 20.8 Å². The monoisotopic (exact) mass is 474 g/mol. The number of aliphatic hydroxyl groups excluding tert-OH is 1. The molecule has 1 unspecified atom stereocenters. The van der Waals surface area contributed by atoms with Gasteiger partial charge < -0.3 is 24.1 Å². The van der Waals surface area contributed by atoms with E-state index in [1.807, 2.05) is 36.5 Å². The van der Waals surface area contributed by atoms with Gasteiger partial charge in [0, 0.05) is 27.9 Å². The fourth-order valence-electron chi connectivity index (χ4n) is 3.90. The molecule has 0 spiro atoms. The number of methoxy groups -OCH3 is 1. The van der Waals surface area contributed by atoms with Crippen molar-refractivity contribution in [2.75, 3.05) is 34.3 Å². The Morgan fingerprint density at radius 3 is 2.78 bits per heavy atom. The van der Waals surface area contributed by atoms with Gasteiger partial charge in [-0.3, -0.25) is 9.59 Å². The molecule has 3 heterocycles. The lowest BCUT2D eigenvalue weighted by atomic mass is 10.00. The fraction of sp³-hybridized carbons (Fsp3) is 0.304. The van der Waals surface area contributed by atoms with Crippen LogP contribution in [0.2, 0.25) is 5.02 Å². The van der Waals surface area contributed by atoms with Crippen molar-refractivity contribution in [3.8, 4) is 5.75 Å². The summed E-state index contributed by atoms with van der Waals surface area (Å²) in [4.78, 5) is 30.8. The van der Waals surface area contributed by atoms with Gasteiger partial charge in [0.25, 0.3) is 5.91 Å². The van der Waals surface area contributed by atoms with E-state index >= 15 is 0 Å². The van der Waals surface area contributed by atoms with Gasteiger partial charge in [0.15, 0.2) is 22.9 Å². The number of amides is 1. The minimum Gasteiger partial charge on any atom is -0.503 e. The predicted octanol–water partition coefficient (Wildman–Crippen LogP) is 4.69. The molecule has 9 heteroatoms. The second-order valence-corrected chi connectivity index (χ2v) is 9.22. The highest BCUT2D eigenvalue weighted by molar-refractivity contribution is 7.10. The van der Waals surface area contributed by atoms with Crippen LogP contribution < -0.4 is 4.74 Å². The molecule has 1 N–H and O–H groups in total. The molecule has 1 aliphatic rings. The number of rotatable bonds is 8. The van der Waals surface area contributed by atoms with Gasteiger partial charge in [0.2, 0.25) is 5.78 Å². The van der Waals surface area contributed by atoms with Gasteiger partial charge in [0.1, 0.15) is 0 Å². The molecule has 0 bridgehead atoms. The fourth-order valence-corrected chi connectivity index (χ4v) is 4.96. The highest BCUT2D eigenvalue weighted by Crippen LogP contribution is 2.42. The predicted molar refractivity (Wildman–Crippen MR) is 124 cm³/mol. The van der Waals surface area contributed by atoms with Crippen LogP contribution in [0.4, 0.5) is 0 Å². The quantitative estimate of drug-likeness (QED) is 0.477. The SMILES string of the molecule is COc1cc(Cl)cc2cc(C(=O)C3=C(O)C(=O)N(CCCN(C)C)C3c3cccs3)oc12. The number of hydrogen-bond donors (Lipinski definition) is 1. The average Bonchev–Trinajstić information content (AvgIpc) is 3.47. The number of benzene rings is 1. The Kier molecular flexibility index (Phi) is 6.28. The van der Waals surface area contributed by atoms with Crippen LogP contribution in [0.25, 0.3) is 11.0 Å². The zero-order valence-corrected chi connectivity index (χ0v) is 19.5. The highest BCUT2D eigenvalue weighted by atomic mass is 35.5. The first-order chi connectivity index (χ1) is 15.3. The molecule has 1 atom stereocenters. The summed E-state index contributed by atoms with van der Waals surface area (Å²) < 4.78 is 11.1. The first kappa shape index (κ1) is 22.4. The minimum absolute atomic E-state index is 0.00612. The molecular weight excluding hydrogens is 452 g/mol. The molecule has 0 saturated carbocycles. The molecule has 7 nitrogen and oxygen atoms in total. The molecule has 0 radical (unpaired) electrons. The Hall–Kier alpha value is -2.81. The summed E-state index contributed by atoms with van der Waals surface area (Å²) in [5.74, 6) is -1.23. The number of Topliss-reactive ketones (excluding diaryl/α,β-unsaturated/α-hetero) is 1. The lowest BCUT2D eigenvalue weighted by molar-refractivity contribution is -0.129. The van der Waals surface area contributed by atoms with Crippen molar-refractivity contribution in [3.63, 3.8) is 0 Å². The average molecular weight is 475 g/mol. The zero-order valence-electron chi connectivity index (χ0n) is 17.9. The molecule has 32 heavy (non-hydrogen) atoms. The van der Waals surface area contributed by atoms with E-state index in [0.717, 1.165) is 11.4 Å². The van der Waals surface area contributed by atoms with E-state index in [1.54, 1.807) is 23.1 Å². The number of carbonyl (C=O) groups excluding carboxylic acids is 2. The number of ether oxygens (including phenoxy) is 1. The van der Waals surface area contributed by atoms with Crippen LogP contribution >= 0.6 is 22.9 Å². The lowest BCUT2D eigenvalue weighted by Crippen LogP contribution is -2.33. The summed E-state index contributed by atoms with van der Waals surface area (Å²) in [6.45, 7) is 1.18. The van der Waals surface area contributed by atoms with Gasteiger partial charge in [-0.1, -0.05) is 17.7 Å². The van der Waals surface area contributed by atoms with Crippen molar-refractivity contribution in [2.45, 2.75) is 12.5 Å². The number of aliphatic hydroxyl groups is 1. The topological polar surface area (TPSA) is 83.2 Å². The number of furan rings is 1. The summed E-state index contributed by atoms with van der Waals surface area (Å²) in [5, 5.41) is 13.6. The van der Waals surface area contributed by atoms with Crippen LogP contribution in [0.1, 0.15) is 27.9 Å². The van der Waals surface area contributed by atoms with E-state index in [9.17, 15) is 14.7 Å². The van der Waals surface area contributed by atoms with Gasteiger partial charge in [0.05, 0.1) is 18.7 Å². The van der Waals surface area contributed by atoms with Crippen LogP contribution in [0.5, 0.6) is 5.75 Å². The Bertz CT molecular complexity index is 1200. The molecule has 2 aromatic heterocycles. The van der Waals surface area contributed by atoms with Gasteiger partial charge in [-0.05, 0) is 50.6 Å². The van der Waals surface area contributed by atoms with Crippen LogP contribution in [-0.4, -0.2) is 60.9 Å². The minimum atomic E-state index is -0.671. The Labute approximate surface area is 194 Å². The second kappa shape index (κ2) is 8.97. The number of hydrogen-bond acceptors (Lipinski definition) is 7. The van der Waals surface area contributed by atoms with Crippen LogP contribution in [0.15, 0.2) is 51.5 Å². The number of carbonyl (C=O) groups is 2. The number of thiophene rings is 1. The lowest BCUT2D eigenvalue weighted by Gasteiger charge is -2.26. The molecule has 0 fully saturated rings. The Morgan fingerprint density at radius 1 is 1.34 bits per heavy atom.